The molecule has 1 aliphatic rings. The monoisotopic (exact) mass is 234 g/mol. The predicted molar refractivity (Wildman–Crippen MR) is 73.7 cm³/mol. The lowest BCUT2D eigenvalue weighted by Gasteiger charge is -2.22. The molecule has 0 amide bonds. The highest BCUT2D eigenvalue weighted by molar-refractivity contribution is 5.55. The zero-order chi connectivity index (χ0) is 13.0. The van der Waals surface area contributed by atoms with Crippen LogP contribution in [-0.4, -0.2) is 5.01 Å². The summed E-state index contributed by atoms with van der Waals surface area (Å²) in [6, 6.07) is 7.95. The van der Waals surface area contributed by atoms with Crippen LogP contribution in [0, 0.1) is 24.2 Å². The molecule has 0 bridgehead atoms. The van der Waals surface area contributed by atoms with Crippen LogP contribution in [0.5, 0.6) is 0 Å². The largest absolute Gasteiger partial charge is 0.305 e. The van der Waals surface area contributed by atoms with Gasteiger partial charge in [-0.2, -0.15) is 0 Å². The van der Waals surface area contributed by atoms with Gasteiger partial charge in [0.1, 0.15) is 0 Å². The van der Waals surface area contributed by atoms with Gasteiger partial charge in [-0.1, -0.05) is 42.0 Å². The van der Waals surface area contributed by atoms with Crippen molar-refractivity contribution in [2.24, 2.45) is 5.84 Å². The van der Waals surface area contributed by atoms with Gasteiger partial charge in [-0.05, 0) is 24.6 Å². The topological polar surface area (TPSA) is 29.3 Å². The molecule has 88 valence electrons. The second-order valence-electron chi connectivity index (χ2n) is 3.94. The third kappa shape index (κ3) is 2.30. The summed E-state index contributed by atoms with van der Waals surface area (Å²) < 4.78 is 0. The maximum absolute atomic E-state index is 6.08. The van der Waals surface area contributed by atoms with Gasteiger partial charge in [0.2, 0.25) is 0 Å². The van der Waals surface area contributed by atoms with Crippen LogP contribution in [0.3, 0.4) is 0 Å². The molecule has 0 aliphatic carbocycles. The number of hydrazine groups is 1. The molecule has 0 unspecified atom stereocenters. The third-order valence-electron chi connectivity index (χ3n) is 2.71. The van der Waals surface area contributed by atoms with Gasteiger partial charge >= 0.3 is 0 Å². The molecule has 0 radical (unpaired) electrons. The van der Waals surface area contributed by atoms with Crippen LogP contribution in [0.15, 0.2) is 47.7 Å². The Bertz CT molecular complexity index is 618. The van der Waals surface area contributed by atoms with Crippen molar-refractivity contribution < 1.29 is 0 Å². The van der Waals surface area contributed by atoms with E-state index < -0.39 is 0 Å². The summed E-state index contributed by atoms with van der Waals surface area (Å²) in [5.74, 6) is 14.8. The quantitative estimate of drug-likeness (QED) is 0.596. The number of rotatable bonds is 1. The lowest BCUT2D eigenvalue weighted by atomic mass is 10.0. The van der Waals surface area contributed by atoms with E-state index in [1.165, 1.54) is 0 Å². The molecule has 1 aromatic rings. The zero-order valence-corrected chi connectivity index (χ0v) is 10.3. The number of hydrogen-bond donors (Lipinski definition) is 1. The van der Waals surface area contributed by atoms with E-state index in [0.717, 1.165) is 16.8 Å². The highest BCUT2D eigenvalue weighted by Gasteiger charge is 2.11. The smallest absolute Gasteiger partial charge is 0.0991 e. The fourth-order valence-electron chi connectivity index (χ4n) is 1.83. The zero-order valence-electron chi connectivity index (χ0n) is 10.3. The minimum atomic E-state index is 0.593. The molecule has 2 heteroatoms. The lowest BCUT2D eigenvalue weighted by molar-refractivity contribution is 0.361. The lowest BCUT2D eigenvalue weighted by Crippen LogP contribution is -2.30. The molecule has 2 rings (SSSR count). The van der Waals surface area contributed by atoms with Crippen LogP contribution in [-0.2, 0) is 6.54 Å². The van der Waals surface area contributed by atoms with Crippen molar-refractivity contribution in [3.8, 4) is 24.2 Å². The van der Waals surface area contributed by atoms with E-state index >= 15 is 0 Å². The first-order valence-electron chi connectivity index (χ1n) is 5.72. The van der Waals surface area contributed by atoms with Crippen molar-refractivity contribution in [3.63, 3.8) is 0 Å². The Balaban J connectivity index is 2.59. The van der Waals surface area contributed by atoms with Gasteiger partial charge in [-0.25, -0.2) is 5.84 Å². The Morgan fingerprint density at radius 2 is 2.17 bits per heavy atom. The van der Waals surface area contributed by atoms with Gasteiger partial charge in [-0.15, -0.1) is 6.42 Å². The Labute approximate surface area is 108 Å². The molecule has 1 heterocycles. The first-order valence-corrected chi connectivity index (χ1v) is 5.72. The highest BCUT2D eigenvalue weighted by Crippen LogP contribution is 2.17. The Morgan fingerprint density at radius 1 is 1.39 bits per heavy atom. The maximum atomic E-state index is 6.08. The number of fused-ring (bicyclic) bond motifs is 1. The van der Waals surface area contributed by atoms with Gasteiger partial charge in [0.15, 0.2) is 0 Å². The average molecular weight is 234 g/mol. The summed E-state index contributed by atoms with van der Waals surface area (Å²) in [6.45, 7) is 2.52. The third-order valence-corrected chi connectivity index (χ3v) is 2.71. The molecule has 0 saturated carbocycles. The van der Waals surface area contributed by atoms with E-state index in [-0.39, 0.29) is 0 Å². The minimum absolute atomic E-state index is 0.593. The number of nitrogens with two attached hydrogens (primary N) is 1. The molecule has 0 fully saturated rings. The molecule has 1 aliphatic heterocycles. The van der Waals surface area contributed by atoms with E-state index in [2.05, 4.69) is 17.8 Å². The summed E-state index contributed by atoms with van der Waals surface area (Å²) in [5, 5.41) is 1.64. The van der Waals surface area contributed by atoms with E-state index in [9.17, 15) is 0 Å². The fraction of sp³-hybridized carbons (Fsp3) is 0.125. The van der Waals surface area contributed by atoms with Crippen molar-refractivity contribution in [1.82, 2.24) is 5.01 Å². The molecule has 18 heavy (non-hydrogen) atoms. The van der Waals surface area contributed by atoms with Crippen LogP contribution in [0.25, 0.3) is 0 Å². The van der Waals surface area contributed by atoms with Crippen molar-refractivity contribution in [1.29, 1.82) is 0 Å². The summed E-state index contributed by atoms with van der Waals surface area (Å²) >= 11 is 0. The summed E-state index contributed by atoms with van der Waals surface area (Å²) in [7, 11) is 0. The maximum Gasteiger partial charge on any atom is 0.0991 e. The summed E-state index contributed by atoms with van der Waals surface area (Å²) in [4.78, 5) is 0. The van der Waals surface area contributed by atoms with Crippen LogP contribution < -0.4 is 5.84 Å². The van der Waals surface area contributed by atoms with Gasteiger partial charge in [-0.3, -0.25) is 0 Å². The molecule has 0 spiro atoms. The van der Waals surface area contributed by atoms with Crippen molar-refractivity contribution in [3.05, 3.63) is 58.8 Å². The number of benzene rings is 1. The van der Waals surface area contributed by atoms with Crippen molar-refractivity contribution in [2.75, 3.05) is 0 Å². The number of hydrogen-bond acceptors (Lipinski definition) is 2. The molecule has 0 atom stereocenters. The first kappa shape index (κ1) is 12.0. The van der Waals surface area contributed by atoms with E-state index in [1.54, 1.807) is 5.01 Å². The fourth-order valence-corrected chi connectivity index (χ4v) is 1.83. The molecule has 2 N–H and O–H groups in total. The van der Waals surface area contributed by atoms with Crippen LogP contribution in [0.1, 0.15) is 18.1 Å². The van der Waals surface area contributed by atoms with Crippen LogP contribution in [0.2, 0.25) is 0 Å². The molecular formula is C16H14N2. The van der Waals surface area contributed by atoms with Gasteiger partial charge in [0, 0.05) is 5.56 Å². The molecule has 2 nitrogen and oxygen atoms in total. The van der Waals surface area contributed by atoms with Crippen LogP contribution in [0.4, 0.5) is 0 Å². The minimum Gasteiger partial charge on any atom is -0.305 e. The van der Waals surface area contributed by atoms with Crippen molar-refractivity contribution >= 4 is 0 Å². The predicted octanol–water partition coefficient (Wildman–Crippen LogP) is 2.19. The van der Waals surface area contributed by atoms with Gasteiger partial charge < -0.3 is 5.01 Å². The summed E-state index contributed by atoms with van der Waals surface area (Å²) in [5.41, 5.74) is 3.47. The second kappa shape index (κ2) is 5.27. The average Bonchev–Trinajstić information content (AvgIpc) is 2.38. The number of allylic oxidation sites excluding steroid dienone is 3. The van der Waals surface area contributed by atoms with Crippen LogP contribution >= 0.6 is 0 Å². The van der Waals surface area contributed by atoms with Crippen molar-refractivity contribution in [2.45, 2.75) is 13.5 Å². The molecular weight excluding hydrogens is 220 g/mol. The van der Waals surface area contributed by atoms with Gasteiger partial charge in [0.25, 0.3) is 0 Å². The number of terminal acetylenes is 1. The SMILES string of the molecule is C#C/C1=C(\C=C/C)N(N)Cc2ccccc2C#C1. The Kier molecular flexibility index (Phi) is 3.53. The van der Waals surface area contributed by atoms with Gasteiger partial charge in [0.05, 0.1) is 17.8 Å². The number of nitrogens with zero attached hydrogens (tertiary/aromatic N) is 1. The molecule has 0 aromatic heterocycles. The highest BCUT2D eigenvalue weighted by atomic mass is 15.4. The molecule has 1 aromatic carbocycles. The second-order valence-corrected chi connectivity index (χ2v) is 3.94. The Morgan fingerprint density at radius 3 is 2.89 bits per heavy atom. The Hall–Kier alpha value is -2.42. The van der Waals surface area contributed by atoms with E-state index in [0.29, 0.717) is 12.1 Å². The summed E-state index contributed by atoms with van der Waals surface area (Å²) in [6.07, 6.45) is 9.29. The standard InChI is InChI=1S/C16H14N2/c1-3-7-16-13(4-2)10-11-14-8-5-6-9-15(14)12-18(16)17/h2-3,5-9H,12,17H2,1H3/b7-3-,16-13-. The van der Waals surface area contributed by atoms with E-state index in [1.807, 2.05) is 43.3 Å². The molecule has 0 saturated heterocycles. The normalized spacial score (nSPS) is 18.4. The first-order chi connectivity index (χ1) is 8.76. The van der Waals surface area contributed by atoms with E-state index in [4.69, 9.17) is 12.3 Å².